The molecule has 1 saturated heterocycles. The molecule has 2 unspecified atom stereocenters. The Labute approximate surface area is 171 Å². The van der Waals surface area contributed by atoms with E-state index in [0.29, 0.717) is 40.8 Å². The molecule has 0 spiro atoms. The van der Waals surface area contributed by atoms with Crippen molar-refractivity contribution in [3.05, 3.63) is 46.0 Å². The molecule has 1 aliphatic carbocycles. The highest BCUT2D eigenvalue weighted by Crippen LogP contribution is 2.42. The maximum Gasteiger partial charge on any atom is 0.324 e. The van der Waals surface area contributed by atoms with Gasteiger partial charge in [0.15, 0.2) is 0 Å². The van der Waals surface area contributed by atoms with Crippen molar-refractivity contribution in [2.24, 2.45) is 17.0 Å². The quantitative estimate of drug-likeness (QED) is 0.592. The van der Waals surface area contributed by atoms with E-state index in [1.54, 1.807) is 30.4 Å². The number of nitrogens with zero attached hydrogens (tertiary/aromatic N) is 1. The number of nitrogens with one attached hydrogen (secondary N) is 1. The number of fused-ring (bicyclic) bond motifs is 1. The summed E-state index contributed by atoms with van der Waals surface area (Å²) in [4.78, 5) is 30.2. The second-order valence-electron chi connectivity index (χ2n) is 6.91. The molecule has 0 radical (unpaired) electrons. The molecule has 0 saturated carbocycles. The fourth-order valence-corrected chi connectivity index (χ4v) is 4.35. The fraction of sp³-hybridized carbons (Fsp3) is 0.421. The van der Waals surface area contributed by atoms with Crippen molar-refractivity contribution in [1.82, 2.24) is 5.32 Å². The van der Waals surface area contributed by atoms with Crippen LogP contribution in [0.5, 0.6) is 0 Å². The zero-order chi connectivity index (χ0) is 19.9. The van der Waals surface area contributed by atoms with Crippen LogP contribution in [0.2, 0.25) is 10.0 Å². The number of esters is 1. The van der Waals surface area contributed by atoms with Gasteiger partial charge in [-0.15, -0.1) is 0 Å². The average Bonchev–Trinajstić information content (AvgIpc) is 3.35. The van der Waals surface area contributed by atoms with Crippen LogP contribution in [0.3, 0.4) is 0 Å². The maximum absolute atomic E-state index is 13.0. The molecule has 9 heteroatoms. The molecule has 7 nitrogen and oxygen atoms in total. The van der Waals surface area contributed by atoms with Crippen molar-refractivity contribution in [3.8, 4) is 0 Å². The molecule has 1 amide bonds. The highest BCUT2D eigenvalue weighted by atomic mass is 35.5. The second-order valence-corrected chi connectivity index (χ2v) is 7.79. The number of benzene rings is 1. The van der Waals surface area contributed by atoms with Crippen LogP contribution in [0.4, 0.5) is 0 Å². The van der Waals surface area contributed by atoms with Crippen LogP contribution in [0.25, 0.3) is 0 Å². The highest BCUT2D eigenvalue weighted by molar-refractivity contribution is 6.35. The molecule has 2 heterocycles. The monoisotopic (exact) mass is 424 g/mol. The lowest BCUT2D eigenvalue weighted by Crippen LogP contribution is -2.53. The van der Waals surface area contributed by atoms with Gasteiger partial charge in [-0.1, -0.05) is 40.5 Å². The first-order chi connectivity index (χ1) is 13.4. The Morgan fingerprint density at radius 1 is 1.25 bits per heavy atom. The van der Waals surface area contributed by atoms with Gasteiger partial charge in [0.25, 0.3) is 5.91 Å². The van der Waals surface area contributed by atoms with Gasteiger partial charge in [0.2, 0.25) is 0 Å². The number of carbonyl (C=O) groups excluding carboxylic acids is 2. The van der Waals surface area contributed by atoms with Gasteiger partial charge in [-0.2, -0.15) is 0 Å². The Morgan fingerprint density at radius 3 is 2.71 bits per heavy atom. The molecule has 0 bridgehead atoms. The summed E-state index contributed by atoms with van der Waals surface area (Å²) in [7, 11) is 1.34. The second kappa shape index (κ2) is 7.39. The van der Waals surface area contributed by atoms with E-state index in [4.69, 9.17) is 37.5 Å². The number of rotatable bonds is 4. The number of amides is 1. The van der Waals surface area contributed by atoms with Gasteiger partial charge in [0, 0.05) is 21.7 Å². The minimum atomic E-state index is -1.53. The smallest absolute Gasteiger partial charge is 0.324 e. The number of oxime groups is 1. The molecular weight excluding hydrogens is 407 g/mol. The zero-order valence-corrected chi connectivity index (χ0v) is 16.5. The summed E-state index contributed by atoms with van der Waals surface area (Å²) in [6.07, 6.45) is 4.50. The van der Waals surface area contributed by atoms with Crippen LogP contribution in [0.1, 0.15) is 18.4 Å². The van der Waals surface area contributed by atoms with Gasteiger partial charge in [0.05, 0.1) is 31.3 Å². The lowest BCUT2D eigenvalue weighted by molar-refractivity contribution is -0.211. The lowest BCUT2D eigenvalue weighted by Gasteiger charge is -2.26. The lowest BCUT2D eigenvalue weighted by atomic mass is 9.88. The third-order valence-corrected chi connectivity index (χ3v) is 5.61. The van der Waals surface area contributed by atoms with Crippen molar-refractivity contribution >= 4 is 40.8 Å². The Kier molecular flexibility index (Phi) is 5.07. The molecule has 1 aromatic carbocycles. The molecule has 0 aromatic heterocycles. The van der Waals surface area contributed by atoms with Crippen molar-refractivity contribution in [3.63, 3.8) is 0 Å². The molecule has 148 valence electrons. The molecule has 1 N–H and O–H groups in total. The predicted molar refractivity (Wildman–Crippen MR) is 102 cm³/mol. The van der Waals surface area contributed by atoms with Crippen molar-refractivity contribution in [2.75, 3.05) is 13.7 Å². The van der Waals surface area contributed by atoms with Crippen LogP contribution >= 0.6 is 23.2 Å². The van der Waals surface area contributed by atoms with Crippen LogP contribution in [0.15, 0.2) is 35.5 Å². The molecule has 1 aromatic rings. The van der Waals surface area contributed by atoms with Crippen molar-refractivity contribution < 1.29 is 23.9 Å². The van der Waals surface area contributed by atoms with Gasteiger partial charge < -0.3 is 19.6 Å². The van der Waals surface area contributed by atoms with Crippen LogP contribution in [-0.2, 0) is 23.9 Å². The number of carbonyl (C=O) groups is 2. The Bertz CT molecular complexity index is 867. The molecule has 4 rings (SSSR count). The van der Waals surface area contributed by atoms with E-state index in [0.717, 1.165) is 0 Å². The zero-order valence-electron chi connectivity index (χ0n) is 15.0. The number of hydrogen-bond acceptors (Lipinski definition) is 6. The van der Waals surface area contributed by atoms with Crippen LogP contribution < -0.4 is 5.32 Å². The van der Waals surface area contributed by atoms with E-state index >= 15 is 0 Å². The molecule has 28 heavy (non-hydrogen) atoms. The molecule has 3 aliphatic rings. The summed E-state index contributed by atoms with van der Waals surface area (Å²) in [5, 5.41) is 7.93. The molecule has 1 fully saturated rings. The fourth-order valence-electron chi connectivity index (χ4n) is 3.83. The minimum absolute atomic E-state index is 0.316. The van der Waals surface area contributed by atoms with Crippen molar-refractivity contribution in [1.29, 1.82) is 0 Å². The molecule has 2 aliphatic heterocycles. The number of hydrogen-bond donors (Lipinski definition) is 1. The summed E-state index contributed by atoms with van der Waals surface area (Å²) in [6.45, 7) is 0.358. The largest absolute Gasteiger partial charge is 0.469 e. The van der Waals surface area contributed by atoms with E-state index in [1.165, 1.54) is 7.11 Å². The number of methoxy groups -OCH3 is 1. The van der Waals surface area contributed by atoms with Gasteiger partial charge in [-0.05, 0) is 31.0 Å². The van der Waals surface area contributed by atoms with E-state index in [2.05, 4.69) is 10.5 Å². The summed E-state index contributed by atoms with van der Waals surface area (Å²) >= 11 is 12.2. The van der Waals surface area contributed by atoms with Crippen LogP contribution in [0, 0.1) is 11.8 Å². The Hall–Kier alpha value is -2.09. The summed E-state index contributed by atoms with van der Waals surface area (Å²) < 4.78 is 10.5. The van der Waals surface area contributed by atoms with Crippen molar-refractivity contribution in [2.45, 2.75) is 24.7 Å². The number of ether oxygens (including phenoxy) is 2. The standard InChI is InChI=1S/C19H18Cl2N2O5/c1-26-17(24)10-2-3-14(8-10)22-18(25)19-15(4-5-27-19)16(23-28-19)11-6-12(20)9-13(21)7-11/h2-3,6-7,9-10,14-15H,4-5,8H2,1H3,(H,22,25)/t10-,14+,15?,19?/m1/s1. The summed E-state index contributed by atoms with van der Waals surface area (Å²) in [5.41, 5.74) is 1.26. The number of halogens is 2. The SMILES string of the molecule is COC(=O)[C@@H]1C=C[C@H](NC(=O)C23OCCC2C(c2cc(Cl)cc(Cl)c2)=NO3)C1. The predicted octanol–water partition coefficient (Wildman–Crippen LogP) is 2.69. The summed E-state index contributed by atoms with van der Waals surface area (Å²) in [6, 6.07) is 4.76. The third kappa shape index (κ3) is 3.27. The van der Waals surface area contributed by atoms with Gasteiger partial charge in [-0.3, -0.25) is 9.59 Å². The van der Waals surface area contributed by atoms with E-state index in [1.807, 2.05) is 0 Å². The van der Waals surface area contributed by atoms with Crippen LogP contribution in [-0.4, -0.2) is 43.1 Å². The topological polar surface area (TPSA) is 86.2 Å². The Balaban J connectivity index is 1.50. The van der Waals surface area contributed by atoms with E-state index < -0.39 is 11.7 Å². The minimum Gasteiger partial charge on any atom is -0.469 e. The first-order valence-electron chi connectivity index (χ1n) is 8.86. The average molecular weight is 425 g/mol. The third-order valence-electron chi connectivity index (χ3n) is 5.17. The maximum atomic E-state index is 13.0. The van der Waals surface area contributed by atoms with Gasteiger partial charge in [-0.25, -0.2) is 0 Å². The first kappa shape index (κ1) is 19.2. The van der Waals surface area contributed by atoms with Gasteiger partial charge >= 0.3 is 11.8 Å². The Morgan fingerprint density at radius 2 is 2.00 bits per heavy atom. The van der Waals surface area contributed by atoms with E-state index in [-0.39, 0.29) is 23.8 Å². The molecular formula is C19H18Cl2N2O5. The normalized spacial score (nSPS) is 30.5. The van der Waals surface area contributed by atoms with E-state index in [9.17, 15) is 9.59 Å². The summed E-state index contributed by atoms with van der Waals surface area (Å²) in [5.74, 6) is -3.05. The highest BCUT2D eigenvalue weighted by Gasteiger charge is 2.60. The first-order valence-corrected chi connectivity index (χ1v) is 9.62. The molecule has 4 atom stereocenters. The van der Waals surface area contributed by atoms with Gasteiger partial charge in [0.1, 0.15) is 0 Å².